The molecule has 0 bridgehead atoms. The highest BCUT2D eigenvalue weighted by Crippen LogP contribution is 2.10. The third-order valence-electron chi connectivity index (χ3n) is 3.92. The fourth-order valence-electron chi connectivity index (χ4n) is 2.42. The number of hydrogen-bond donors (Lipinski definition) is 2. The number of nitrogens with zero attached hydrogens (tertiary/aromatic N) is 1. The quantitative estimate of drug-likeness (QED) is 0.667. The molecule has 0 radical (unpaired) electrons. The number of rotatable bonds is 10. The van der Waals surface area contributed by atoms with Gasteiger partial charge in [-0.15, -0.1) is 0 Å². The van der Waals surface area contributed by atoms with Crippen LogP contribution in [0.25, 0.3) is 0 Å². The molecule has 2 amide bonds. The molecular formula is C19H25N3O3S. The second kappa shape index (κ2) is 10.6. The van der Waals surface area contributed by atoms with E-state index in [2.05, 4.69) is 15.5 Å². The molecule has 1 heterocycles. The van der Waals surface area contributed by atoms with Crippen LogP contribution < -0.4 is 15.5 Å². The molecule has 0 fully saturated rings. The van der Waals surface area contributed by atoms with Gasteiger partial charge < -0.3 is 20.0 Å². The van der Waals surface area contributed by atoms with Crippen LogP contribution in [0.5, 0.6) is 0 Å². The van der Waals surface area contributed by atoms with Crippen LogP contribution in [-0.4, -0.2) is 50.0 Å². The summed E-state index contributed by atoms with van der Waals surface area (Å²) in [6.07, 6.45) is 3.97. The molecule has 1 aromatic heterocycles. The van der Waals surface area contributed by atoms with Crippen molar-refractivity contribution in [2.75, 3.05) is 37.0 Å². The summed E-state index contributed by atoms with van der Waals surface area (Å²) in [6, 6.07) is 12.6. The van der Waals surface area contributed by atoms with Crippen LogP contribution >= 0.6 is 11.8 Å². The van der Waals surface area contributed by atoms with E-state index >= 15 is 0 Å². The fraction of sp³-hybridized carbons (Fsp3) is 0.368. The van der Waals surface area contributed by atoms with Crippen LogP contribution in [-0.2, 0) is 4.79 Å². The van der Waals surface area contributed by atoms with E-state index in [0.717, 1.165) is 11.4 Å². The van der Waals surface area contributed by atoms with Crippen molar-refractivity contribution in [1.82, 2.24) is 10.6 Å². The topological polar surface area (TPSA) is 74.6 Å². The summed E-state index contributed by atoms with van der Waals surface area (Å²) < 4.78 is 5.09. The van der Waals surface area contributed by atoms with Crippen LogP contribution in [0.2, 0.25) is 0 Å². The van der Waals surface area contributed by atoms with Gasteiger partial charge in [-0.1, -0.05) is 18.2 Å². The van der Waals surface area contributed by atoms with Crippen molar-refractivity contribution in [3.63, 3.8) is 0 Å². The van der Waals surface area contributed by atoms with E-state index in [1.54, 1.807) is 23.9 Å². The Balaban J connectivity index is 1.84. The zero-order valence-electron chi connectivity index (χ0n) is 15.1. The third-order valence-corrected chi connectivity index (χ3v) is 4.56. The van der Waals surface area contributed by atoms with E-state index in [4.69, 9.17) is 4.42 Å². The molecule has 0 spiro atoms. The highest BCUT2D eigenvalue weighted by atomic mass is 32.2. The molecule has 2 aromatic rings. The summed E-state index contributed by atoms with van der Waals surface area (Å²) in [6.45, 7) is 1.17. The molecule has 0 saturated carbocycles. The number of anilines is 1. The number of likely N-dealkylation sites (N-methyl/N-ethyl adjacent to an activating group) is 1. The van der Waals surface area contributed by atoms with E-state index in [0.29, 0.717) is 19.5 Å². The summed E-state index contributed by atoms with van der Waals surface area (Å²) in [5.74, 6) is 0.425. The Morgan fingerprint density at radius 1 is 1.19 bits per heavy atom. The number of carbonyl (C=O) groups is 2. The van der Waals surface area contributed by atoms with Crippen molar-refractivity contribution in [3.8, 4) is 0 Å². The molecule has 0 aliphatic carbocycles. The minimum absolute atomic E-state index is 0.180. The van der Waals surface area contributed by atoms with Gasteiger partial charge in [0.05, 0.1) is 6.26 Å². The third kappa shape index (κ3) is 6.15. The molecule has 1 aromatic carbocycles. The van der Waals surface area contributed by atoms with E-state index < -0.39 is 6.04 Å². The monoisotopic (exact) mass is 375 g/mol. The molecule has 2 rings (SSSR count). The summed E-state index contributed by atoms with van der Waals surface area (Å²) in [4.78, 5) is 26.7. The lowest BCUT2D eigenvalue weighted by molar-refractivity contribution is -0.122. The molecule has 1 unspecified atom stereocenters. The number of benzene rings is 1. The van der Waals surface area contributed by atoms with Crippen LogP contribution in [0.4, 0.5) is 5.69 Å². The Morgan fingerprint density at radius 3 is 2.62 bits per heavy atom. The highest BCUT2D eigenvalue weighted by molar-refractivity contribution is 7.98. The first kappa shape index (κ1) is 19.9. The van der Waals surface area contributed by atoms with E-state index in [9.17, 15) is 9.59 Å². The SMILES string of the molecule is CSCCC(NC(=O)c1ccco1)C(=O)NCCN(C)c1ccccc1. The van der Waals surface area contributed by atoms with Gasteiger partial charge >= 0.3 is 0 Å². The van der Waals surface area contributed by atoms with Gasteiger partial charge in [-0.2, -0.15) is 11.8 Å². The largest absolute Gasteiger partial charge is 0.459 e. The van der Waals surface area contributed by atoms with Crippen molar-refractivity contribution in [2.45, 2.75) is 12.5 Å². The normalized spacial score (nSPS) is 11.6. The molecule has 7 heteroatoms. The Morgan fingerprint density at radius 2 is 1.96 bits per heavy atom. The number of hydrogen-bond acceptors (Lipinski definition) is 5. The number of para-hydroxylation sites is 1. The first-order valence-corrected chi connectivity index (χ1v) is 9.88. The van der Waals surface area contributed by atoms with Crippen molar-refractivity contribution in [2.24, 2.45) is 0 Å². The lowest BCUT2D eigenvalue weighted by Gasteiger charge is -2.21. The maximum atomic E-state index is 12.5. The molecule has 6 nitrogen and oxygen atoms in total. The average Bonchev–Trinajstić information content (AvgIpc) is 3.20. The number of carbonyl (C=O) groups excluding carboxylic acids is 2. The predicted molar refractivity (Wildman–Crippen MR) is 106 cm³/mol. The Labute approximate surface area is 158 Å². The zero-order chi connectivity index (χ0) is 18.8. The van der Waals surface area contributed by atoms with Gasteiger partial charge in [0.15, 0.2) is 5.76 Å². The first-order valence-electron chi connectivity index (χ1n) is 8.49. The number of nitrogens with one attached hydrogen (secondary N) is 2. The maximum Gasteiger partial charge on any atom is 0.287 e. The smallest absolute Gasteiger partial charge is 0.287 e. The van der Waals surface area contributed by atoms with Crippen molar-refractivity contribution in [3.05, 3.63) is 54.5 Å². The summed E-state index contributed by atoms with van der Waals surface area (Å²) in [7, 11) is 1.98. The molecule has 0 aliphatic heterocycles. The molecule has 26 heavy (non-hydrogen) atoms. The Kier molecular flexibility index (Phi) is 8.08. The lowest BCUT2D eigenvalue weighted by Crippen LogP contribution is -2.48. The minimum Gasteiger partial charge on any atom is -0.459 e. The summed E-state index contributed by atoms with van der Waals surface area (Å²) in [5.41, 5.74) is 1.09. The van der Waals surface area contributed by atoms with Gasteiger partial charge in [0, 0.05) is 25.8 Å². The van der Waals surface area contributed by atoms with Crippen LogP contribution in [0, 0.1) is 0 Å². The van der Waals surface area contributed by atoms with Crippen molar-refractivity contribution in [1.29, 1.82) is 0 Å². The molecule has 140 valence electrons. The standard InChI is InChI=1S/C19H25N3O3S/c1-22(15-7-4-3-5-8-15)12-11-20-18(23)16(10-14-26-2)21-19(24)17-9-6-13-25-17/h3-9,13,16H,10-12,14H2,1-2H3,(H,20,23)(H,21,24). The minimum atomic E-state index is -0.581. The van der Waals surface area contributed by atoms with Gasteiger partial charge in [-0.25, -0.2) is 0 Å². The van der Waals surface area contributed by atoms with Gasteiger partial charge in [0.1, 0.15) is 6.04 Å². The van der Waals surface area contributed by atoms with Gasteiger partial charge in [0.2, 0.25) is 5.91 Å². The highest BCUT2D eigenvalue weighted by Gasteiger charge is 2.22. The lowest BCUT2D eigenvalue weighted by atomic mass is 10.2. The van der Waals surface area contributed by atoms with Gasteiger partial charge in [-0.3, -0.25) is 9.59 Å². The maximum absolute atomic E-state index is 12.5. The summed E-state index contributed by atoms with van der Waals surface area (Å²) in [5, 5.41) is 5.66. The summed E-state index contributed by atoms with van der Waals surface area (Å²) >= 11 is 1.63. The predicted octanol–water partition coefficient (Wildman–Crippen LogP) is 2.38. The van der Waals surface area contributed by atoms with Gasteiger partial charge in [-0.05, 0) is 42.7 Å². The number of thioether (sulfide) groups is 1. The molecule has 0 aliphatic rings. The molecule has 1 atom stereocenters. The fourth-order valence-corrected chi connectivity index (χ4v) is 2.89. The Hall–Kier alpha value is -2.41. The van der Waals surface area contributed by atoms with Crippen molar-refractivity contribution >= 4 is 29.3 Å². The second-order valence-corrected chi connectivity index (χ2v) is 6.82. The first-order chi connectivity index (χ1) is 12.6. The average molecular weight is 375 g/mol. The number of furan rings is 1. The van der Waals surface area contributed by atoms with Crippen molar-refractivity contribution < 1.29 is 14.0 Å². The van der Waals surface area contributed by atoms with E-state index in [1.807, 2.05) is 43.6 Å². The zero-order valence-corrected chi connectivity index (χ0v) is 15.9. The van der Waals surface area contributed by atoms with Gasteiger partial charge in [0.25, 0.3) is 5.91 Å². The van der Waals surface area contributed by atoms with Crippen LogP contribution in [0.15, 0.2) is 53.1 Å². The van der Waals surface area contributed by atoms with E-state index in [1.165, 1.54) is 6.26 Å². The Bertz CT molecular complexity index is 677. The second-order valence-electron chi connectivity index (χ2n) is 5.83. The van der Waals surface area contributed by atoms with Crippen LogP contribution in [0.3, 0.4) is 0 Å². The molecule has 0 saturated heterocycles. The number of amides is 2. The molecule has 2 N–H and O–H groups in total. The van der Waals surface area contributed by atoms with E-state index in [-0.39, 0.29) is 17.6 Å². The van der Waals surface area contributed by atoms with Crippen LogP contribution in [0.1, 0.15) is 17.0 Å². The molecular weight excluding hydrogens is 350 g/mol.